The molecule has 3 rings (SSSR count). The number of carbonyl (C=O) groups is 2. The number of rotatable bonds is 4. The fourth-order valence-electron chi connectivity index (χ4n) is 3.39. The van der Waals surface area contributed by atoms with Gasteiger partial charge in [0, 0.05) is 49.8 Å². The predicted octanol–water partition coefficient (Wildman–Crippen LogP) is 3.28. The highest BCUT2D eigenvalue weighted by Crippen LogP contribution is 2.30. The fourth-order valence-corrected chi connectivity index (χ4v) is 3.39. The van der Waals surface area contributed by atoms with Gasteiger partial charge in [-0.15, -0.1) is 0 Å². The summed E-state index contributed by atoms with van der Waals surface area (Å²) in [6, 6.07) is 7.35. The largest absolute Gasteiger partial charge is 0.416 e. The molecule has 30 heavy (non-hydrogen) atoms. The lowest BCUT2D eigenvalue weighted by Gasteiger charge is -2.27. The first-order valence-electron chi connectivity index (χ1n) is 9.67. The minimum absolute atomic E-state index is 0.0830. The van der Waals surface area contributed by atoms with Gasteiger partial charge in [0.15, 0.2) is 0 Å². The van der Waals surface area contributed by atoms with Crippen molar-refractivity contribution in [2.75, 3.05) is 31.5 Å². The summed E-state index contributed by atoms with van der Waals surface area (Å²) in [6.07, 6.45) is -0.644. The lowest BCUT2D eigenvalue weighted by Crippen LogP contribution is -2.44. The van der Waals surface area contributed by atoms with Gasteiger partial charge in [-0.25, -0.2) is 0 Å². The number of amides is 2. The first kappa shape index (κ1) is 21.8. The number of hydrogen-bond acceptors (Lipinski definition) is 4. The normalized spacial score (nSPS) is 16.6. The topological polar surface area (TPSA) is 65.5 Å². The molecule has 9 heteroatoms. The summed E-state index contributed by atoms with van der Waals surface area (Å²) in [4.78, 5) is 32.8. The number of nitrogens with zero attached hydrogens (tertiary/aromatic N) is 3. The molecule has 1 unspecified atom stereocenters. The van der Waals surface area contributed by atoms with Gasteiger partial charge in [0.05, 0.1) is 11.6 Å². The van der Waals surface area contributed by atoms with Crippen LogP contribution in [0.2, 0.25) is 0 Å². The molecule has 1 aromatic carbocycles. The molecule has 1 N–H and O–H groups in total. The van der Waals surface area contributed by atoms with Gasteiger partial charge in [0.1, 0.15) is 0 Å². The van der Waals surface area contributed by atoms with E-state index in [1.54, 1.807) is 36.4 Å². The summed E-state index contributed by atoms with van der Waals surface area (Å²) in [6.45, 7) is 3.84. The SMILES string of the molecule is CC(C(=O)Nc1cccc(C(F)(F)F)c1)N1CCCN(C(=O)c2ccncc2)CC1. The summed E-state index contributed by atoms with van der Waals surface area (Å²) < 4.78 is 38.6. The van der Waals surface area contributed by atoms with E-state index >= 15 is 0 Å². The van der Waals surface area contributed by atoms with Gasteiger partial charge < -0.3 is 10.2 Å². The van der Waals surface area contributed by atoms with Crippen molar-refractivity contribution in [1.82, 2.24) is 14.8 Å². The number of anilines is 1. The molecule has 6 nitrogen and oxygen atoms in total. The molecule has 2 heterocycles. The maximum atomic E-state index is 12.9. The quantitative estimate of drug-likeness (QED) is 0.825. The van der Waals surface area contributed by atoms with E-state index in [4.69, 9.17) is 0 Å². The molecule has 1 aliphatic heterocycles. The number of halogens is 3. The number of benzene rings is 1. The van der Waals surface area contributed by atoms with Crippen molar-refractivity contribution in [3.8, 4) is 0 Å². The third-order valence-corrected chi connectivity index (χ3v) is 5.13. The number of aromatic nitrogens is 1. The highest BCUT2D eigenvalue weighted by molar-refractivity contribution is 5.95. The van der Waals surface area contributed by atoms with Crippen LogP contribution in [-0.2, 0) is 11.0 Å². The van der Waals surface area contributed by atoms with Crippen LogP contribution in [0.1, 0.15) is 29.3 Å². The van der Waals surface area contributed by atoms with Crippen molar-refractivity contribution in [3.05, 3.63) is 59.9 Å². The number of carbonyl (C=O) groups excluding carboxylic acids is 2. The minimum Gasteiger partial charge on any atom is -0.337 e. The second-order valence-corrected chi connectivity index (χ2v) is 7.16. The van der Waals surface area contributed by atoms with Gasteiger partial charge >= 0.3 is 6.18 Å². The second-order valence-electron chi connectivity index (χ2n) is 7.16. The number of pyridine rings is 1. The summed E-state index contributed by atoms with van der Waals surface area (Å²) in [5.74, 6) is -0.469. The van der Waals surface area contributed by atoms with Crippen molar-refractivity contribution in [2.45, 2.75) is 25.6 Å². The second kappa shape index (κ2) is 9.25. The van der Waals surface area contributed by atoms with Crippen LogP contribution < -0.4 is 5.32 Å². The van der Waals surface area contributed by atoms with Crippen molar-refractivity contribution < 1.29 is 22.8 Å². The molecular weight excluding hydrogens is 397 g/mol. The molecule has 0 aliphatic carbocycles. The Labute approximate surface area is 172 Å². The number of alkyl halides is 3. The van der Waals surface area contributed by atoms with Gasteiger partial charge in [-0.3, -0.25) is 19.5 Å². The Morgan fingerprint density at radius 3 is 2.50 bits per heavy atom. The molecule has 1 atom stereocenters. The van der Waals surface area contributed by atoms with Crippen LogP contribution >= 0.6 is 0 Å². The highest BCUT2D eigenvalue weighted by Gasteiger charge is 2.31. The number of nitrogens with one attached hydrogen (secondary N) is 1. The fraction of sp³-hybridized carbons (Fsp3) is 0.381. The van der Waals surface area contributed by atoms with Gasteiger partial charge in [-0.05, 0) is 43.7 Å². The van der Waals surface area contributed by atoms with Crippen LogP contribution in [0, 0.1) is 0 Å². The van der Waals surface area contributed by atoms with Gasteiger partial charge in [-0.1, -0.05) is 6.07 Å². The van der Waals surface area contributed by atoms with Crippen LogP contribution in [0.3, 0.4) is 0 Å². The summed E-state index contributed by atoms with van der Waals surface area (Å²) in [7, 11) is 0. The Morgan fingerprint density at radius 2 is 1.80 bits per heavy atom. The Morgan fingerprint density at radius 1 is 1.07 bits per heavy atom. The van der Waals surface area contributed by atoms with Crippen molar-refractivity contribution in [1.29, 1.82) is 0 Å². The van der Waals surface area contributed by atoms with E-state index in [-0.39, 0.29) is 17.5 Å². The summed E-state index contributed by atoms with van der Waals surface area (Å²) in [5, 5.41) is 2.56. The molecular formula is C21H23F3N4O2. The average Bonchev–Trinajstić information content (AvgIpc) is 2.99. The molecule has 0 saturated carbocycles. The van der Waals surface area contributed by atoms with Crippen LogP contribution in [0.25, 0.3) is 0 Å². The molecule has 160 valence electrons. The molecule has 1 saturated heterocycles. The van der Waals surface area contributed by atoms with E-state index in [1.807, 2.05) is 4.90 Å². The van der Waals surface area contributed by atoms with E-state index in [0.717, 1.165) is 12.1 Å². The van der Waals surface area contributed by atoms with E-state index in [0.29, 0.717) is 38.2 Å². The third-order valence-electron chi connectivity index (χ3n) is 5.13. The average molecular weight is 420 g/mol. The molecule has 0 bridgehead atoms. The molecule has 2 amide bonds. The lowest BCUT2D eigenvalue weighted by molar-refractivity contribution is -0.137. The van der Waals surface area contributed by atoms with Gasteiger partial charge in [0.25, 0.3) is 5.91 Å². The Bertz CT molecular complexity index is 889. The van der Waals surface area contributed by atoms with E-state index < -0.39 is 17.8 Å². The molecule has 1 aliphatic rings. The Kier molecular flexibility index (Phi) is 6.71. The smallest absolute Gasteiger partial charge is 0.337 e. The zero-order valence-corrected chi connectivity index (χ0v) is 16.5. The molecule has 2 aromatic rings. The van der Waals surface area contributed by atoms with Crippen molar-refractivity contribution >= 4 is 17.5 Å². The lowest BCUT2D eigenvalue weighted by atomic mass is 10.2. The van der Waals surface area contributed by atoms with E-state index in [9.17, 15) is 22.8 Å². The monoisotopic (exact) mass is 420 g/mol. The van der Waals surface area contributed by atoms with Crippen LogP contribution in [0.15, 0.2) is 48.8 Å². The van der Waals surface area contributed by atoms with Crippen LogP contribution in [-0.4, -0.2) is 58.8 Å². The van der Waals surface area contributed by atoms with Crippen LogP contribution in [0.4, 0.5) is 18.9 Å². The maximum absolute atomic E-state index is 12.9. The number of hydrogen-bond donors (Lipinski definition) is 1. The predicted molar refractivity (Wildman–Crippen MR) is 106 cm³/mol. The zero-order chi connectivity index (χ0) is 21.7. The summed E-state index contributed by atoms with van der Waals surface area (Å²) >= 11 is 0. The van der Waals surface area contributed by atoms with Crippen molar-refractivity contribution in [3.63, 3.8) is 0 Å². The van der Waals surface area contributed by atoms with E-state index in [1.165, 1.54) is 12.1 Å². The summed E-state index contributed by atoms with van der Waals surface area (Å²) in [5.41, 5.74) is -0.146. The standard InChI is InChI=1S/C21H23F3N4O2/c1-15(19(29)26-18-5-2-4-17(14-18)21(22,23)24)27-10-3-11-28(13-12-27)20(30)16-6-8-25-9-7-16/h2,4-9,14-15H,3,10-13H2,1H3,(H,26,29). The van der Waals surface area contributed by atoms with Gasteiger partial charge in [0.2, 0.25) is 5.91 Å². The molecule has 1 aromatic heterocycles. The third kappa shape index (κ3) is 5.35. The Hall–Kier alpha value is -2.94. The highest BCUT2D eigenvalue weighted by atomic mass is 19.4. The maximum Gasteiger partial charge on any atom is 0.416 e. The van der Waals surface area contributed by atoms with E-state index in [2.05, 4.69) is 10.3 Å². The van der Waals surface area contributed by atoms with Gasteiger partial charge in [-0.2, -0.15) is 13.2 Å². The minimum atomic E-state index is -4.47. The van der Waals surface area contributed by atoms with Crippen molar-refractivity contribution in [2.24, 2.45) is 0 Å². The Balaban J connectivity index is 1.60. The molecule has 0 spiro atoms. The first-order chi connectivity index (χ1) is 14.3. The first-order valence-corrected chi connectivity index (χ1v) is 9.67. The van der Waals surface area contributed by atoms with Crippen LogP contribution in [0.5, 0.6) is 0 Å². The molecule has 0 radical (unpaired) electrons. The molecule has 1 fully saturated rings. The zero-order valence-electron chi connectivity index (χ0n) is 16.5.